The molecule has 0 unspecified atom stereocenters. The molecule has 29 heavy (non-hydrogen) atoms. The smallest absolute Gasteiger partial charge is 0.410 e. The minimum absolute atomic E-state index is 0.0108. The standard InChI is InChI=1S/C21H25N3O4S/c1-22-13-17-16-9-10-24(21(27)28-12-11-25)14-18(16)29-20(17)23-19(26)8-7-15-5-3-2-4-6-15/h2-6,13,25H,7-12,14H2,1H3,(H,23,26). The molecule has 2 N–H and O–H groups in total. The monoisotopic (exact) mass is 415 g/mol. The Balaban J connectivity index is 1.69. The fourth-order valence-electron chi connectivity index (χ4n) is 3.26. The Bertz CT molecular complexity index is 880. The Morgan fingerprint density at radius 2 is 2.14 bits per heavy atom. The molecule has 3 rings (SSSR count). The molecular formula is C21H25N3O4S. The molecule has 1 aromatic carbocycles. The summed E-state index contributed by atoms with van der Waals surface area (Å²) in [5.74, 6) is -0.0441. The van der Waals surface area contributed by atoms with Gasteiger partial charge in [0.1, 0.15) is 11.6 Å². The Hall–Kier alpha value is -2.71. The Morgan fingerprint density at radius 1 is 1.34 bits per heavy atom. The predicted octanol–water partition coefficient (Wildman–Crippen LogP) is 2.86. The summed E-state index contributed by atoms with van der Waals surface area (Å²) in [5.41, 5.74) is 3.16. The highest BCUT2D eigenvalue weighted by atomic mass is 32.1. The van der Waals surface area contributed by atoms with Gasteiger partial charge in [0, 0.05) is 36.7 Å². The van der Waals surface area contributed by atoms with Crippen molar-refractivity contribution < 1.29 is 19.4 Å². The molecule has 8 heteroatoms. The molecule has 0 fully saturated rings. The number of thiophene rings is 1. The van der Waals surface area contributed by atoms with E-state index in [4.69, 9.17) is 9.84 Å². The second kappa shape index (κ2) is 10.2. The van der Waals surface area contributed by atoms with Crippen LogP contribution in [0.4, 0.5) is 9.80 Å². The second-order valence-corrected chi connectivity index (χ2v) is 7.78. The van der Waals surface area contributed by atoms with E-state index in [9.17, 15) is 9.59 Å². The summed E-state index contributed by atoms with van der Waals surface area (Å²) in [5, 5.41) is 12.6. The number of nitrogens with one attached hydrogen (secondary N) is 1. The minimum atomic E-state index is -0.433. The lowest BCUT2D eigenvalue weighted by Crippen LogP contribution is -2.36. The van der Waals surface area contributed by atoms with Gasteiger partial charge in [-0.3, -0.25) is 9.79 Å². The van der Waals surface area contributed by atoms with Crippen LogP contribution in [-0.2, 0) is 28.9 Å². The molecule has 1 aliphatic rings. The molecule has 0 saturated heterocycles. The van der Waals surface area contributed by atoms with Crippen molar-refractivity contribution in [3.63, 3.8) is 0 Å². The first-order valence-electron chi connectivity index (χ1n) is 9.55. The topological polar surface area (TPSA) is 91.2 Å². The molecule has 0 aliphatic carbocycles. The third-order valence-corrected chi connectivity index (χ3v) is 5.82. The number of rotatable bonds is 7. The zero-order chi connectivity index (χ0) is 20.6. The van der Waals surface area contributed by atoms with Gasteiger partial charge in [-0.25, -0.2) is 4.79 Å². The van der Waals surface area contributed by atoms with Crippen LogP contribution in [0.2, 0.25) is 0 Å². The summed E-state index contributed by atoms with van der Waals surface area (Å²) in [6.45, 7) is 0.748. The average Bonchev–Trinajstić information content (AvgIpc) is 3.07. The highest BCUT2D eigenvalue weighted by Gasteiger charge is 2.27. The lowest BCUT2D eigenvalue weighted by molar-refractivity contribution is -0.116. The van der Waals surface area contributed by atoms with Gasteiger partial charge in [-0.1, -0.05) is 30.3 Å². The number of hydrogen-bond donors (Lipinski definition) is 2. The van der Waals surface area contributed by atoms with Crippen LogP contribution < -0.4 is 5.32 Å². The molecule has 0 radical (unpaired) electrons. The lowest BCUT2D eigenvalue weighted by atomic mass is 10.0. The molecule has 154 valence electrons. The van der Waals surface area contributed by atoms with Gasteiger partial charge in [0.25, 0.3) is 0 Å². The van der Waals surface area contributed by atoms with E-state index in [1.165, 1.54) is 11.3 Å². The number of aliphatic hydroxyl groups excluding tert-OH is 1. The maximum atomic E-state index is 12.5. The van der Waals surface area contributed by atoms with Crippen LogP contribution in [0.15, 0.2) is 35.3 Å². The Labute approximate surface area is 174 Å². The fourth-order valence-corrected chi connectivity index (χ4v) is 4.51. The Kier molecular flexibility index (Phi) is 7.37. The molecule has 1 aliphatic heterocycles. The van der Waals surface area contributed by atoms with Gasteiger partial charge in [-0.15, -0.1) is 11.3 Å². The third kappa shape index (κ3) is 5.42. The highest BCUT2D eigenvalue weighted by molar-refractivity contribution is 7.16. The van der Waals surface area contributed by atoms with Crippen molar-refractivity contribution in [3.8, 4) is 0 Å². The number of aliphatic hydroxyl groups is 1. The highest BCUT2D eigenvalue weighted by Crippen LogP contribution is 2.36. The number of carbonyl (C=O) groups excluding carboxylic acids is 2. The number of fused-ring (bicyclic) bond motifs is 1. The molecule has 1 aromatic heterocycles. The van der Waals surface area contributed by atoms with E-state index in [0.717, 1.165) is 26.6 Å². The van der Waals surface area contributed by atoms with Gasteiger partial charge in [0.2, 0.25) is 5.91 Å². The summed E-state index contributed by atoms with van der Waals surface area (Å²) in [4.78, 5) is 31.3. The molecule has 0 saturated carbocycles. The summed E-state index contributed by atoms with van der Waals surface area (Å²) in [7, 11) is 1.70. The predicted molar refractivity (Wildman–Crippen MR) is 114 cm³/mol. The number of anilines is 1. The normalized spacial score (nSPS) is 13.4. The summed E-state index contributed by atoms with van der Waals surface area (Å²) in [6.07, 6.45) is 3.08. The maximum absolute atomic E-state index is 12.5. The summed E-state index contributed by atoms with van der Waals surface area (Å²) < 4.78 is 5.01. The minimum Gasteiger partial charge on any atom is -0.447 e. The number of hydrogen-bond acceptors (Lipinski definition) is 6. The molecule has 7 nitrogen and oxygen atoms in total. The number of carbonyl (C=O) groups is 2. The van der Waals surface area contributed by atoms with Crippen LogP contribution in [0.3, 0.4) is 0 Å². The van der Waals surface area contributed by atoms with E-state index in [-0.39, 0.29) is 19.1 Å². The van der Waals surface area contributed by atoms with Crippen LogP contribution >= 0.6 is 11.3 Å². The van der Waals surface area contributed by atoms with E-state index in [0.29, 0.717) is 32.4 Å². The molecular weight excluding hydrogens is 390 g/mol. The second-order valence-electron chi connectivity index (χ2n) is 6.68. The van der Waals surface area contributed by atoms with E-state index >= 15 is 0 Å². The molecule has 2 amide bonds. The lowest BCUT2D eigenvalue weighted by Gasteiger charge is -2.26. The molecule has 2 heterocycles. The van der Waals surface area contributed by atoms with Crippen LogP contribution in [0, 0.1) is 0 Å². The van der Waals surface area contributed by atoms with Gasteiger partial charge in [0.15, 0.2) is 0 Å². The largest absolute Gasteiger partial charge is 0.447 e. The van der Waals surface area contributed by atoms with Gasteiger partial charge in [-0.05, 0) is 24.0 Å². The van der Waals surface area contributed by atoms with Crippen LogP contribution in [0.5, 0.6) is 0 Å². The van der Waals surface area contributed by atoms with Gasteiger partial charge in [0.05, 0.1) is 13.2 Å². The zero-order valence-corrected chi connectivity index (χ0v) is 17.2. The molecule has 0 atom stereocenters. The third-order valence-electron chi connectivity index (χ3n) is 4.67. The molecule has 0 spiro atoms. The van der Waals surface area contributed by atoms with Crippen molar-refractivity contribution in [2.75, 3.05) is 32.1 Å². The van der Waals surface area contributed by atoms with Crippen molar-refractivity contribution in [3.05, 3.63) is 51.9 Å². The van der Waals surface area contributed by atoms with Gasteiger partial charge in [-0.2, -0.15) is 0 Å². The molecule has 0 bridgehead atoms. The number of ether oxygens (including phenoxy) is 1. The van der Waals surface area contributed by atoms with Crippen molar-refractivity contribution >= 4 is 34.6 Å². The Morgan fingerprint density at radius 3 is 2.86 bits per heavy atom. The van der Waals surface area contributed by atoms with Crippen LogP contribution in [0.25, 0.3) is 0 Å². The number of nitrogens with zero attached hydrogens (tertiary/aromatic N) is 2. The number of benzene rings is 1. The molecule has 2 aromatic rings. The van der Waals surface area contributed by atoms with Crippen LogP contribution in [0.1, 0.15) is 28.0 Å². The van der Waals surface area contributed by atoms with Gasteiger partial charge < -0.3 is 20.1 Å². The fraction of sp³-hybridized carbons (Fsp3) is 0.381. The number of aryl methyl sites for hydroxylation is 1. The quantitative estimate of drug-likeness (QED) is 0.681. The van der Waals surface area contributed by atoms with Crippen molar-refractivity contribution in [2.24, 2.45) is 4.99 Å². The van der Waals surface area contributed by atoms with Gasteiger partial charge >= 0.3 is 6.09 Å². The first-order valence-corrected chi connectivity index (χ1v) is 10.4. The zero-order valence-electron chi connectivity index (χ0n) is 16.4. The first kappa shape index (κ1) is 21.0. The van der Waals surface area contributed by atoms with E-state index in [1.807, 2.05) is 30.3 Å². The summed E-state index contributed by atoms with van der Waals surface area (Å²) in [6, 6.07) is 9.91. The SMILES string of the molecule is CN=Cc1c(NC(=O)CCc2ccccc2)sc2c1CCN(C(=O)OCCO)C2. The van der Waals surface area contributed by atoms with Crippen molar-refractivity contribution in [2.45, 2.75) is 25.8 Å². The number of amides is 2. The van der Waals surface area contributed by atoms with E-state index in [1.54, 1.807) is 18.2 Å². The van der Waals surface area contributed by atoms with Crippen molar-refractivity contribution in [1.82, 2.24) is 4.90 Å². The van der Waals surface area contributed by atoms with Crippen LogP contribution in [-0.4, -0.2) is 55.0 Å². The first-order chi connectivity index (χ1) is 14.1. The van der Waals surface area contributed by atoms with E-state index in [2.05, 4.69) is 10.3 Å². The summed E-state index contributed by atoms with van der Waals surface area (Å²) >= 11 is 1.47. The number of aliphatic imine (C=N–C) groups is 1. The van der Waals surface area contributed by atoms with E-state index < -0.39 is 6.09 Å². The maximum Gasteiger partial charge on any atom is 0.410 e. The average molecular weight is 416 g/mol. The van der Waals surface area contributed by atoms with Crippen molar-refractivity contribution in [1.29, 1.82) is 0 Å².